The summed E-state index contributed by atoms with van der Waals surface area (Å²) in [5.74, 6) is -1.74. The number of ether oxygens (including phenoxy) is 5. The highest BCUT2D eigenvalue weighted by Crippen LogP contribution is 2.46. The van der Waals surface area contributed by atoms with Gasteiger partial charge in [0.1, 0.15) is 12.6 Å². The molecular formula is C51H58N6O11S. The molecule has 3 N–H and O–H groups in total. The van der Waals surface area contributed by atoms with Gasteiger partial charge in [0.2, 0.25) is 17.7 Å². The Balaban J connectivity index is 0.646. The number of carbonyl (C=O) groups excluding carboxylic acids is 6. The van der Waals surface area contributed by atoms with E-state index in [1.807, 2.05) is 6.07 Å². The number of imide groups is 2. The van der Waals surface area contributed by atoms with Crippen LogP contribution in [0.4, 0.5) is 5.69 Å². The van der Waals surface area contributed by atoms with Crippen LogP contribution in [0.15, 0.2) is 53.4 Å². The van der Waals surface area contributed by atoms with Gasteiger partial charge in [-0.3, -0.25) is 39.0 Å². The van der Waals surface area contributed by atoms with Crippen LogP contribution < -0.4 is 15.5 Å². The average Bonchev–Trinajstić information content (AvgIpc) is 3.86. The monoisotopic (exact) mass is 962 g/mol. The summed E-state index contributed by atoms with van der Waals surface area (Å²) in [5, 5.41) is 15.6. The summed E-state index contributed by atoms with van der Waals surface area (Å²) in [6.07, 6.45) is 2.52. The van der Waals surface area contributed by atoms with Crippen LogP contribution in [0.2, 0.25) is 0 Å². The molecule has 0 radical (unpaired) electrons. The third kappa shape index (κ3) is 10.8. The van der Waals surface area contributed by atoms with Gasteiger partial charge < -0.3 is 38.9 Å². The van der Waals surface area contributed by atoms with E-state index in [-0.39, 0.29) is 54.9 Å². The Bertz CT molecular complexity index is 2670. The number of H-pyrrole nitrogens is 1. The fourth-order valence-electron chi connectivity index (χ4n) is 9.55. The number of ketones is 1. The largest absolute Gasteiger partial charge is 0.378 e. The molecule has 0 bridgehead atoms. The number of piperidine rings is 2. The van der Waals surface area contributed by atoms with E-state index in [4.69, 9.17) is 23.7 Å². The van der Waals surface area contributed by atoms with E-state index in [9.17, 15) is 34.0 Å². The van der Waals surface area contributed by atoms with Gasteiger partial charge in [-0.05, 0) is 73.2 Å². The molecule has 2 fully saturated rings. The topological polar surface area (TPSA) is 219 Å². The molecule has 0 saturated carbocycles. The lowest BCUT2D eigenvalue weighted by Gasteiger charge is -2.38. The molecule has 17 nitrogen and oxygen atoms in total. The molecule has 4 aromatic rings. The molecule has 4 aliphatic rings. The second-order valence-corrected chi connectivity index (χ2v) is 19.0. The molecule has 5 amide bonds. The molecule has 3 aliphatic heterocycles. The normalized spacial score (nSPS) is 17.8. The number of aromatic amines is 1. The summed E-state index contributed by atoms with van der Waals surface area (Å²) in [6.45, 7) is 11.2. The SMILES string of the molecule is CCc1cc2c(cc1N1CCC(NC(=O)COCCOCCOCCOCCOCCSc3cccc4c3C(=O)N(C3CCC(=O)NC3=O)C4=O)CC1)C(C)(C)c1[nH]c3cc(C#N)ccc3c1C2=O. The van der Waals surface area contributed by atoms with Crippen LogP contribution in [-0.4, -0.2) is 142 Å². The smallest absolute Gasteiger partial charge is 0.263 e. The van der Waals surface area contributed by atoms with Crippen molar-refractivity contribution in [2.75, 3.05) is 89.8 Å². The summed E-state index contributed by atoms with van der Waals surface area (Å²) in [4.78, 5) is 84.5. The first kappa shape index (κ1) is 49.5. The van der Waals surface area contributed by atoms with Crippen LogP contribution in [-0.2, 0) is 49.9 Å². The van der Waals surface area contributed by atoms with Crippen molar-refractivity contribution in [2.45, 2.75) is 75.3 Å². The summed E-state index contributed by atoms with van der Waals surface area (Å²) >= 11 is 1.39. The molecule has 69 heavy (non-hydrogen) atoms. The molecule has 364 valence electrons. The number of benzene rings is 3. The zero-order valence-electron chi connectivity index (χ0n) is 39.2. The van der Waals surface area contributed by atoms with Gasteiger partial charge in [-0.1, -0.05) is 32.9 Å². The van der Waals surface area contributed by atoms with Crippen molar-refractivity contribution < 1.29 is 52.5 Å². The number of aromatic nitrogens is 1. The van der Waals surface area contributed by atoms with E-state index >= 15 is 0 Å². The van der Waals surface area contributed by atoms with E-state index in [1.54, 1.807) is 30.3 Å². The molecule has 2 saturated heterocycles. The number of nitrogens with zero attached hydrogens (tertiary/aromatic N) is 3. The molecule has 1 aliphatic carbocycles. The number of nitriles is 1. The van der Waals surface area contributed by atoms with Crippen LogP contribution in [0.25, 0.3) is 10.9 Å². The maximum Gasteiger partial charge on any atom is 0.263 e. The molecular weight excluding hydrogens is 905 g/mol. The zero-order chi connectivity index (χ0) is 48.7. The van der Waals surface area contributed by atoms with E-state index in [1.165, 1.54) is 11.8 Å². The molecule has 1 unspecified atom stereocenters. The summed E-state index contributed by atoms with van der Waals surface area (Å²) in [5.41, 5.74) is 6.91. The van der Waals surface area contributed by atoms with E-state index in [0.717, 1.165) is 76.2 Å². The molecule has 1 aromatic heterocycles. The number of fused-ring (bicyclic) bond motifs is 5. The zero-order valence-corrected chi connectivity index (χ0v) is 40.1. The minimum atomic E-state index is -1.01. The summed E-state index contributed by atoms with van der Waals surface area (Å²) < 4.78 is 28.0. The fraction of sp³-hybridized carbons (Fsp3) is 0.471. The van der Waals surface area contributed by atoms with Gasteiger partial charge >= 0.3 is 0 Å². The second-order valence-electron chi connectivity index (χ2n) is 17.9. The van der Waals surface area contributed by atoms with Crippen molar-refractivity contribution in [3.05, 3.63) is 93.2 Å². The van der Waals surface area contributed by atoms with E-state index in [0.29, 0.717) is 74.6 Å². The standard InChI is InChI=1S/C51H58N6O11S/c1-4-32-27-36-37(51(2,3)47-45(46(36)60)34-9-8-31(29-52)26-38(34)54-47)28-40(32)56-14-12-33(13-15-56)53-43(59)30-68-23-22-66-19-18-64-16-17-65-20-21-67-24-25-69-41-7-5-6-35-44(41)50(63)57(49(35)62)39-10-11-42(58)55-48(39)61/h5-9,26-28,33,39,54H,4,10-25,30H2,1-3H3,(H,53,59)(H,55,58,61). The predicted octanol–water partition coefficient (Wildman–Crippen LogP) is 4.83. The highest BCUT2D eigenvalue weighted by molar-refractivity contribution is 7.99. The Labute approximate surface area is 404 Å². The maximum absolute atomic E-state index is 14.1. The number of carbonyl (C=O) groups is 6. The van der Waals surface area contributed by atoms with Crippen LogP contribution in [0.5, 0.6) is 0 Å². The van der Waals surface area contributed by atoms with Crippen LogP contribution in [0.1, 0.15) is 105 Å². The fourth-order valence-corrected chi connectivity index (χ4v) is 10.5. The summed E-state index contributed by atoms with van der Waals surface area (Å²) in [7, 11) is 0. The number of aryl methyl sites for hydroxylation is 1. The number of rotatable bonds is 22. The lowest BCUT2D eigenvalue weighted by Crippen LogP contribution is -2.54. The van der Waals surface area contributed by atoms with Crippen molar-refractivity contribution in [2.24, 2.45) is 0 Å². The number of anilines is 1. The van der Waals surface area contributed by atoms with Crippen LogP contribution in [0.3, 0.4) is 0 Å². The Morgan fingerprint density at radius 1 is 0.826 bits per heavy atom. The molecule has 0 spiro atoms. The Kier molecular flexibility index (Phi) is 15.9. The van der Waals surface area contributed by atoms with Gasteiger partial charge in [0.05, 0.1) is 87.8 Å². The molecule has 3 aromatic carbocycles. The second kappa shape index (κ2) is 22.2. The van der Waals surface area contributed by atoms with Crippen molar-refractivity contribution in [3.63, 3.8) is 0 Å². The Hall–Kier alpha value is -5.94. The quantitative estimate of drug-likeness (QED) is 0.0546. The third-order valence-corrected chi connectivity index (χ3v) is 14.2. The Morgan fingerprint density at radius 3 is 2.17 bits per heavy atom. The van der Waals surface area contributed by atoms with Crippen molar-refractivity contribution in [1.29, 1.82) is 5.26 Å². The summed E-state index contributed by atoms with van der Waals surface area (Å²) in [6, 6.07) is 16.0. The minimum absolute atomic E-state index is 0.00532. The highest BCUT2D eigenvalue weighted by Gasteiger charge is 2.46. The third-order valence-electron chi connectivity index (χ3n) is 13.1. The molecule has 8 rings (SSSR count). The van der Waals surface area contributed by atoms with Gasteiger partial charge in [0.15, 0.2) is 5.78 Å². The average molecular weight is 963 g/mol. The number of hydrogen-bond acceptors (Lipinski definition) is 14. The van der Waals surface area contributed by atoms with Gasteiger partial charge in [-0.2, -0.15) is 5.26 Å². The number of thioether (sulfide) groups is 1. The molecule has 1 atom stereocenters. The number of amides is 5. The molecule has 18 heteroatoms. The predicted molar refractivity (Wildman–Crippen MR) is 256 cm³/mol. The first-order valence-electron chi connectivity index (χ1n) is 23.6. The van der Waals surface area contributed by atoms with Crippen molar-refractivity contribution in [3.8, 4) is 6.07 Å². The maximum atomic E-state index is 14.1. The van der Waals surface area contributed by atoms with Crippen LogP contribution >= 0.6 is 11.8 Å². The van der Waals surface area contributed by atoms with Gasteiger partial charge in [0.25, 0.3) is 11.8 Å². The van der Waals surface area contributed by atoms with Crippen LogP contribution in [0, 0.1) is 11.3 Å². The number of hydrogen-bond donors (Lipinski definition) is 3. The lowest BCUT2D eigenvalue weighted by molar-refractivity contribution is -0.136. The van der Waals surface area contributed by atoms with Gasteiger partial charge in [-0.15, -0.1) is 11.8 Å². The molecule has 4 heterocycles. The number of nitrogens with one attached hydrogen (secondary N) is 3. The first-order chi connectivity index (χ1) is 33.4. The van der Waals surface area contributed by atoms with E-state index < -0.39 is 35.1 Å². The van der Waals surface area contributed by atoms with Gasteiger partial charge in [0, 0.05) is 69.5 Å². The minimum Gasteiger partial charge on any atom is -0.378 e. The first-order valence-corrected chi connectivity index (χ1v) is 24.6. The van der Waals surface area contributed by atoms with Gasteiger partial charge in [-0.25, -0.2) is 0 Å². The van der Waals surface area contributed by atoms with E-state index in [2.05, 4.69) is 59.5 Å². The Morgan fingerprint density at radius 2 is 1.51 bits per heavy atom. The lowest BCUT2D eigenvalue weighted by atomic mass is 9.70. The van der Waals surface area contributed by atoms with Crippen molar-refractivity contribution in [1.82, 2.24) is 20.5 Å². The van der Waals surface area contributed by atoms with Crippen molar-refractivity contribution >= 4 is 63.7 Å². The highest BCUT2D eigenvalue weighted by atomic mass is 32.2.